The number of alkyl halides is 3. The molecule has 0 unspecified atom stereocenters. The van der Waals surface area contributed by atoms with Crippen LogP contribution in [0.5, 0.6) is 5.75 Å². The van der Waals surface area contributed by atoms with Gasteiger partial charge in [0.2, 0.25) is 0 Å². The van der Waals surface area contributed by atoms with Gasteiger partial charge in [0.25, 0.3) is 0 Å². The van der Waals surface area contributed by atoms with E-state index in [-0.39, 0.29) is 17.0 Å². The summed E-state index contributed by atoms with van der Waals surface area (Å²) in [5, 5.41) is 13.1. The molecule has 0 amide bonds. The standard InChI is InChI=1S/C14H10F3N3O5S/c1-20-11(13(21)24-2)6-10(19-20)8-3-4-12(9(5-8)7-18)25-26(22,23)14(15,16)17/h3-6H,1-2H3. The maximum absolute atomic E-state index is 12.4. The molecule has 1 aromatic carbocycles. The van der Waals surface area contributed by atoms with Crippen molar-refractivity contribution in [1.82, 2.24) is 9.78 Å². The minimum atomic E-state index is -5.91. The summed E-state index contributed by atoms with van der Waals surface area (Å²) in [5.41, 5.74) is -5.52. The predicted octanol–water partition coefficient (Wildman–Crippen LogP) is 1.97. The van der Waals surface area contributed by atoms with Gasteiger partial charge in [0, 0.05) is 12.6 Å². The third-order valence-electron chi connectivity index (χ3n) is 3.15. The van der Waals surface area contributed by atoms with Crippen molar-refractivity contribution in [3.63, 3.8) is 0 Å². The van der Waals surface area contributed by atoms with Crippen molar-refractivity contribution in [2.75, 3.05) is 7.11 Å². The van der Waals surface area contributed by atoms with Gasteiger partial charge >= 0.3 is 21.6 Å². The molecule has 26 heavy (non-hydrogen) atoms. The number of methoxy groups -OCH3 is 1. The average Bonchev–Trinajstić information content (AvgIpc) is 2.95. The third-order valence-corrected chi connectivity index (χ3v) is 4.12. The van der Waals surface area contributed by atoms with Gasteiger partial charge in [0.05, 0.1) is 18.4 Å². The lowest BCUT2D eigenvalue weighted by molar-refractivity contribution is -0.0500. The number of nitriles is 1. The molecule has 0 spiro atoms. The lowest BCUT2D eigenvalue weighted by atomic mass is 10.1. The maximum atomic E-state index is 12.4. The largest absolute Gasteiger partial charge is 0.534 e. The number of hydrogen-bond donors (Lipinski definition) is 0. The van der Waals surface area contributed by atoms with Crippen molar-refractivity contribution in [3.8, 4) is 23.1 Å². The summed E-state index contributed by atoms with van der Waals surface area (Å²) in [7, 11) is -3.27. The number of carbonyl (C=O) groups is 1. The fourth-order valence-electron chi connectivity index (χ4n) is 1.92. The number of benzene rings is 1. The van der Waals surface area contributed by atoms with E-state index in [4.69, 9.17) is 5.26 Å². The zero-order valence-corrected chi connectivity index (χ0v) is 14.1. The molecule has 0 aliphatic rings. The summed E-state index contributed by atoms with van der Waals surface area (Å²) in [6.45, 7) is 0. The van der Waals surface area contributed by atoms with Crippen molar-refractivity contribution in [2.24, 2.45) is 7.05 Å². The number of ether oxygens (including phenoxy) is 1. The zero-order chi connectivity index (χ0) is 19.7. The van der Waals surface area contributed by atoms with Crippen molar-refractivity contribution in [2.45, 2.75) is 5.51 Å². The molecule has 12 heteroatoms. The fraction of sp³-hybridized carbons (Fsp3) is 0.214. The van der Waals surface area contributed by atoms with Gasteiger partial charge in [-0.3, -0.25) is 4.68 Å². The van der Waals surface area contributed by atoms with Gasteiger partial charge in [0.15, 0.2) is 5.75 Å². The number of rotatable bonds is 4. The normalized spacial score (nSPS) is 11.7. The van der Waals surface area contributed by atoms with Crippen molar-refractivity contribution < 1.29 is 35.3 Å². The van der Waals surface area contributed by atoms with Crippen LogP contribution in [0.15, 0.2) is 24.3 Å². The lowest BCUT2D eigenvalue weighted by Gasteiger charge is -2.10. The zero-order valence-electron chi connectivity index (χ0n) is 13.2. The van der Waals surface area contributed by atoms with E-state index in [0.29, 0.717) is 0 Å². The van der Waals surface area contributed by atoms with Crippen LogP contribution in [0.1, 0.15) is 16.1 Å². The molecule has 1 heterocycles. The van der Waals surface area contributed by atoms with E-state index in [2.05, 4.69) is 14.0 Å². The smallest absolute Gasteiger partial charge is 0.464 e. The molecule has 2 rings (SSSR count). The number of carbonyl (C=O) groups excluding carboxylic acids is 1. The summed E-state index contributed by atoms with van der Waals surface area (Å²) in [5.74, 6) is -1.44. The Morgan fingerprint density at radius 2 is 1.96 bits per heavy atom. The molecule has 0 saturated carbocycles. The van der Waals surface area contributed by atoms with Crippen LogP contribution in [0.2, 0.25) is 0 Å². The van der Waals surface area contributed by atoms with Gasteiger partial charge in [-0.25, -0.2) is 4.79 Å². The van der Waals surface area contributed by atoms with Crippen LogP contribution in [0, 0.1) is 11.3 Å². The first-order valence-electron chi connectivity index (χ1n) is 6.68. The van der Waals surface area contributed by atoms with Crippen LogP contribution in [-0.2, 0) is 21.9 Å². The Morgan fingerprint density at radius 3 is 2.50 bits per heavy atom. The summed E-state index contributed by atoms with van der Waals surface area (Å²) in [4.78, 5) is 11.6. The van der Waals surface area contributed by atoms with Crippen molar-refractivity contribution in [3.05, 3.63) is 35.5 Å². The molecule has 0 radical (unpaired) electrons. The monoisotopic (exact) mass is 389 g/mol. The molecule has 0 atom stereocenters. The van der Waals surface area contributed by atoms with Crippen LogP contribution in [0.25, 0.3) is 11.3 Å². The summed E-state index contributed by atoms with van der Waals surface area (Å²) in [6, 6.07) is 6.07. The Kier molecular flexibility index (Phi) is 4.95. The van der Waals surface area contributed by atoms with Crippen LogP contribution in [-0.4, -0.2) is 36.8 Å². The summed E-state index contributed by atoms with van der Waals surface area (Å²) >= 11 is 0. The number of hydrogen-bond acceptors (Lipinski definition) is 7. The predicted molar refractivity (Wildman–Crippen MR) is 80.3 cm³/mol. The van der Waals surface area contributed by atoms with E-state index in [0.717, 1.165) is 12.1 Å². The minimum absolute atomic E-state index is 0.0981. The number of aromatic nitrogens is 2. The second-order valence-electron chi connectivity index (χ2n) is 4.84. The Morgan fingerprint density at radius 1 is 1.31 bits per heavy atom. The Bertz CT molecular complexity index is 1010. The topological polar surface area (TPSA) is 111 Å². The Labute approximate surface area is 145 Å². The van der Waals surface area contributed by atoms with Gasteiger partial charge in [-0.05, 0) is 24.3 Å². The van der Waals surface area contributed by atoms with Gasteiger partial charge in [0.1, 0.15) is 11.8 Å². The molecular weight excluding hydrogens is 379 g/mol. The summed E-state index contributed by atoms with van der Waals surface area (Å²) in [6.07, 6.45) is 0. The molecule has 0 fully saturated rings. The fourth-order valence-corrected chi connectivity index (χ4v) is 2.39. The highest BCUT2D eigenvalue weighted by atomic mass is 32.2. The van der Waals surface area contributed by atoms with E-state index >= 15 is 0 Å². The van der Waals surface area contributed by atoms with Crippen LogP contribution in [0.3, 0.4) is 0 Å². The number of halogens is 3. The molecule has 0 aliphatic heterocycles. The van der Waals surface area contributed by atoms with Gasteiger partial charge in [-0.15, -0.1) is 0 Å². The van der Waals surface area contributed by atoms with E-state index in [1.165, 1.54) is 31.0 Å². The molecule has 8 nitrogen and oxygen atoms in total. The molecule has 0 bridgehead atoms. The highest BCUT2D eigenvalue weighted by Gasteiger charge is 2.48. The quantitative estimate of drug-likeness (QED) is 0.446. The average molecular weight is 389 g/mol. The minimum Gasteiger partial charge on any atom is -0.464 e. The lowest BCUT2D eigenvalue weighted by Crippen LogP contribution is -2.28. The van der Waals surface area contributed by atoms with Gasteiger partial charge in [-0.1, -0.05) is 0 Å². The first-order valence-corrected chi connectivity index (χ1v) is 8.08. The number of nitrogens with zero attached hydrogens (tertiary/aromatic N) is 3. The molecular formula is C14H10F3N3O5S. The van der Waals surface area contributed by atoms with E-state index in [1.54, 1.807) is 6.07 Å². The molecule has 0 saturated heterocycles. The highest BCUT2D eigenvalue weighted by Crippen LogP contribution is 2.31. The Balaban J connectivity index is 2.45. The molecule has 138 valence electrons. The van der Waals surface area contributed by atoms with Crippen molar-refractivity contribution >= 4 is 16.1 Å². The summed E-state index contributed by atoms with van der Waals surface area (Å²) < 4.78 is 69.1. The third kappa shape index (κ3) is 3.62. The van der Waals surface area contributed by atoms with Crippen molar-refractivity contribution in [1.29, 1.82) is 5.26 Å². The highest BCUT2D eigenvalue weighted by molar-refractivity contribution is 7.88. The first-order chi connectivity index (χ1) is 12.0. The van der Waals surface area contributed by atoms with E-state index in [1.807, 2.05) is 0 Å². The first kappa shape index (κ1) is 19.3. The van der Waals surface area contributed by atoms with Crippen LogP contribution in [0.4, 0.5) is 13.2 Å². The van der Waals surface area contributed by atoms with Gasteiger partial charge in [-0.2, -0.15) is 31.9 Å². The SMILES string of the molecule is COC(=O)c1cc(-c2ccc(OS(=O)(=O)C(F)(F)F)c(C#N)c2)nn1C. The van der Waals surface area contributed by atoms with Crippen LogP contribution >= 0.6 is 0 Å². The molecule has 0 aliphatic carbocycles. The number of esters is 1. The molecule has 0 N–H and O–H groups in total. The second-order valence-corrected chi connectivity index (χ2v) is 6.37. The maximum Gasteiger partial charge on any atom is 0.534 e. The Hall–Kier alpha value is -3.07. The second kappa shape index (κ2) is 6.68. The molecule has 2 aromatic rings. The van der Waals surface area contributed by atoms with Gasteiger partial charge < -0.3 is 8.92 Å². The molecule has 1 aromatic heterocycles. The van der Waals surface area contributed by atoms with E-state index < -0.39 is 32.9 Å². The number of aryl methyl sites for hydroxylation is 1. The van der Waals surface area contributed by atoms with Crippen LogP contribution < -0.4 is 4.18 Å². The van der Waals surface area contributed by atoms with E-state index in [9.17, 15) is 26.4 Å².